The highest BCUT2D eigenvalue weighted by Crippen LogP contribution is 2.31. The van der Waals surface area contributed by atoms with Gasteiger partial charge in [-0.25, -0.2) is 13.8 Å². The van der Waals surface area contributed by atoms with Crippen LogP contribution in [0, 0.1) is 0 Å². The Balaban J connectivity index is 1.86. The number of benzene rings is 2. The fourth-order valence-electron chi connectivity index (χ4n) is 2.81. The summed E-state index contributed by atoms with van der Waals surface area (Å²) in [5.41, 5.74) is 4.65. The van der Waals surface area contributed by atoms with Gasteiger partial charge in [-0.2, -0.15) is 0 Å². The Morgan fingerprint density at radius 3 is 2.56 bits per heavy atom. The summed E-state index contributed by atoms with van der Waals surface area (Å²) in [6, 6.07) is 14.1. The largest absolute Gasteiger partial charge is 0.249 e. The van der Waals surface area contributed by atoms with Gasteiger partial charge in [0.25, 0.3) is 0 Å². The van der Waals surface area contributed by atoms with E-state index in [1.807, 2.05) is 12.1 Å². The molecule has 1 N–H and O–H groups in total. The number of hydrazine groups is 1. The zero-order valence-corrected chi connectivity index (χ0v) is 15.7. The quantitative estimate of drug-likeness (QED) is 0.818. The highest BCUT2D eigenvalue weighted by Gasteiger charge is 2.31. The fourth-order valence-corrected chi connectivity index (χ4v) is 4.44. The van der Waals surface area contributed by atoms with Gasteiger partial charge in [-0.15, -0.1) is 4.41 Å². The first-order valence-corrected chi connectivity index (χ1v) is 10.2. The van der Waals surface area contributed by atoms with Gasteiger partial charge >= 0.3 is 0 Å². The molecule has 1 heterocycles. The van der Waals surface area contributed by atoms with E-state index >= 15 is 0 Å². The van der Waals surface area contributed by atoms with Crippen LogP contribution < -0.4 is 5.43 Å². The first-order valence-electron chi connectivity index (χ1n) is 7.93. The van der Waals surface area contributed by atoms with Crippen LogP contribution in [0.1, 0.15) is 30.0 Å². The van der Waals surface area contributed by atoms with Crippen LogP contribution in [0.2, 0.25) is 10.0 Å². The van der Waals surface area contributed by atoms with Crippen LogP contribution >= 0.6 is 23.2 Å². The maximum Gasteiger partial charge on any atom is 0.249 e. The van der Waals surface area contributed by atoms with Crippen molar-refractivity contribution >= 4 is 39.3 Å². The number of nitrogens with one attached hydrogen (secondary N) is 1. The Labute approximate surface area is 158 Å². The van der Waals surface area contributed by atoms with Crippen molar-refractivity contribution in [2.75, 3.05) is 6.54 Å². The summed E-state index contributed by atoms with van der Waals surface area (Å²) in [5.74, 6) is 0. The molecule has 0 aromatic heterocycles. The molecule has 3 rings (SSSR count). The third-order valence-corrected chi connectivity index (χ3v) is 5.91. The van der Waals surface area contributed by atoms with Gasteiger partial charge in [0.05, 0.1) is 6.04 Å². The van der Waals surface area contributed by atoms with E-state index in [0.717, 1.165) is 24.0 Å². The van der Waals surface area contributed by atoms with E-state index < -0.39 is 10.0 Å². The van der Waals surface area contributed by atoms with Gasteiger partial charge < -0.3 is 0 Å². The molecule has 0 amide bonds. The van der Waals surface area contributed by atoms with E-state index in [1.165, 1.54) is 9.82 Å². The van der Waals surface area contributed by atoms with E-state index in [0.29, 0.717) is 16.6 Å². The molecule has 25 heavy (non-hydrogen) atoms. The summed E-state index contributed by atoms with van der Waals surface area (Å²) in [4.78, 5) is 0. The number of nitrogens with zero attached hydrogens (tertiary/aromatic N) is 1. The first-order chi connectivity index (χ1) is 12.0. The first kappa shape index (κ1) is 18.4. The van der Waals surface area contributed by atoms with Gasteiger partial charge in [0.1, 0.15) is 0 Å². The van der Waals surface area contributed by atoms with E-state index in [9.17, 15) is 8.42 Å². The minimum atomic E-state index is -3.64. The molecule has 1 unspecified atom stereocenters. The van der Waals surface area contributed by atoms with E-state index in [2.05, 4.69) is 5.43 Å². The third kappa shape index (κ3) is 4.63. The van der Waals surface area contributed by atoms with E-state index in [4.69, 9.17) is 23.2 Å². The highest BCUT2D eigenvalue weighted by atomic mass is 35.5. The zero-order chi connectivity index (χ0) is 17.9. The van der Waals surface area contributed by atoms with Crippen molar-refractivity contribution in [2.45, 2.75) is 18.9 Å². The molecule has 1 atom stereocenters. The van der Waals surface area contributed by atoms with Gasteiger partial charge in [0, 0.05) is 22.0 Å². The van der Waals surface area contributed by atoms with Crippen LogP contribution in [0.3, 0.4) is 0 Å². The lowest BCUT2D eigenvalue weighted by Crippen LogP contribution is -2.47. The summed E-state index contributed by atoms with van der Waals surface area (Å²) in [5, 5.41) is 2.40. The van der Waals surface area contributed by atoms with Crippen molar-refractivity contribution in [3.05, 3.63) is 75.1 Å². The second kappa shape index (κ2) is 7.89. The molecule has 1 aliphatic heterocycles. The molecule has 7 heteroatoms. The lowest BCUT2D eigenvalue weighted by Gasteiger charge is -2.34. The van der Waals surface area contributed by atoms with Gasteiger partial charge in [-0.1, -0.05) is 47.5 Å². The minimum Gasteiger partial charge on any atom is -0.241 e. The lowest BCUT2D eigenvalue weighted by atomic mass is 10.0. The summed E-state index contributed by atoms with van der Waals surface area (Å²) in [7, 11) is -3.64. The Bertz CT molecular complexity index is 867. The van der Waals surface area contributed by atoms with Crippen LogP contribution in [-0.4, -0.2) is 19.4 Å². The summed E-state index contributed by atoms with van der Waals surface area (Å²) in [6.45, 7) is 0.619. The normalized spacial score (nSPS) is 19.4. The lowest BCUT2D eigenvalue weighted by molar-refractivity contribution is 0.191. The average molecular weight is 397 g/mol. The van der Waals surface area contributed by atoms with E-state index in [1.54, 1.807) is 42.5 Å². The molecule has 1 fully saturated rings. The molecule has 2 aromatic carbocycles. The molecule has 0 saturated carbocycles. The monoisotopic (exact) mass is 396 g/mol. The Hall–Kier alpha value is -1.37. The van der Waals surface area contributed by atoms with Gasteiger partial charge in [0.2, 0.25) is 10.0 Å². The van der Waals surface area contributed by atoms with Crippen LogP contribution in [0.15, 0.2) is 53.9 Å². The number of sulfonamides is 1. The molecule has 1 saturated heterocycles. The molecule has 0 bridgehead atoms. The van der Waals surface area contributed by atoms with Crippen molar-refractivity contribution in [2.24, 2.45) is 0 Å². The molecule has 2 aromatic rings. The van der Waals surface area contributed by atoms with Crippen molar-refractivity contribution in [1.29, 1.82) is 0 Å². The van der Waals surface area contributed by atoms with Gasteiger partial charge in [-0.3, -0.25) is 0 Å². The molecule has 0 spiro atoms. The second-order valence-electron chi connectivity index (χ2n) is 5.82. The zero-order valence-electron chi connectivity index (χ0n) is 13.4. The van der Waals surface area contributed by atoms with Crippen molar-refractivity contribution in [3.8, 4) is 0 Å². The maximum atomic E-state index is 12.8. The molecule has 1 aliphatic rings. The van der Waals surface area contributed by atoms with Crippen molar-refractivity contribution < 1.29 is 8.42 Å². The fraction of sp³-hybridized carbons (Fsp3) is 0.222. The molecule has 4 nitrogen and oxygen atoms in total. The molecular weight excluding hydrogens is 379 g/mol. The second-order valence-corrected chi connectivity index (χ2v) is 8.38. The standard InChI is InChI=1S/C18H18Cl2N2O2S/c19-16-8-6-15(7-9-16)18-5-2-11-21-22(18)25(23,24)12-10-14-3-1-4-17(20)13-14/h1,3-4,6-10,12-13,18,21H,2,5,11H2. The predicted octanol–water partition coefficient (Wildman–Crippen LogP) is 4.64. The maximum absolute atomic E-state index is 12.8. The molecule has 0 radical (unpaired) electrons. The predicted molar refractivity (Wildman–Crippen MR) is 103 cm³/mol. The molecule has 132 valence electrons. The molecule has 0 aliphatic carbocycles. The number of halogens is 2. The molecular formula is C18H18Cl2N2O2S. The highest BCUT2D eigenvalue weighted by molar-refractivity contribution is 7.92. The van der Waals surface area contributed by atoms with E-state index in [-0.39, 0.29) is 6.04 Å². The summed E-state index contributed by atoms with van der Waals surface area (Å²) in [6.07, 6.45) is 3.20. The van der Waals surface area contributed by atoms with Crippen molar-refractivity contribution in [3.63, 3.8) is 0 Å². The smallest absolute Gasteiger partial charge is 0.241 e. The Kier molecular flexibility index (Phi) is 5.81. The topological polar surface area (TPSA) is 49.4 Å². The Morgan fingerprint density at radius 2 is 1.84 bits per heavy atom. The van der Waals surface area contributed by atoms with Gasteiger partial charge in [0.15, 0.2) is 0 Å². The number of rotatable bonds is 4. The van der Waals surface area contributed by atoms with Crippen LogP contribution in [0.4, 0.5) is 0 Å². The third-order valence-electron chi connectivity index (χ3n) is 4.02. The van der Waals surface area contributed by atoms with Gasteiger partial charge in [-0.05, 0) is 54.3 Å². The average Bonchev–Trinajstić information content (AvgIpc) is 2.61. The Morgan fingerprint density at radius 1 is 1.08 bits per heavy atom. The summed E-state index contributed by atoms with van der Waals surface area (Å²) < 4.78 is 27.0. The minimum absolute atomic E-state index is 0.264. The van der Waals surface area contributed by atoms with Crippen molar-refractivity contribution in [1.82, 2.24) is 9.84 Å². The number of hydrogen-bond donors (Lipinski definition) is 1. The number of hydrogen-bond acceptors (Lipinski definition) is 3. The van der Waals surface area contributed by atoms with Crippen LogP contribution in [-0.2, 0) is 10.0 Å². The van der Waals surface area contributed by atoms with Crippen LogP contribution in [0.5, 0.6) is 0 Å². The summed E-state index contributed by atoms with van der Waals surface area (Å²) >= 11 is 11.9. The SMILES string of the molecule is O=S(=O)(C=Cc1cccc(Cl)c1)N1NCCCC1c1ccc(Cl)cc1. The van der Waals surface area contributed by atoms with Crippen LogP contribution in [0.25, 0.3) is 6.08 Å².